The molecule has 6 nitrogen and oxygen atoms in total. The van der Waals surface area contributed by atoms with Crippen molar-refractivity contribution in [3.63, 3.8) is 0 Å². The molecule has 0 atom stereocenters. The maximum atomic E-state index is 7.58. The SMILES string of the molecule is CN(C)CCN=C=S.N#CCBr.[Br-].[C-]#[N+]C[N+](C)(C)CCN=C=S. The second kappa shape index (κ2) is 24.7. The minimum atomic E-state index is 0. The van der Waals surface area contributed by atoms with E-state index >= 15 is 0 Å². The molecular formula is C14H24Br2N6S2. The van der Waals surface area contributed by atoms with E-state index in [1.54, 1.807) is 0 Å². The van der Waals surface area contributed by atoms with Crippen molar-refractivity contribution in [3.8, 4) is 6.07 Å². The third-order valence-corrected chi connectivity index (χ3v) is 2.63. The molecule has 0 unspecified atom stereocenters. The Morgan fingerprint density at radius 3 is 2.00 bits per heavy atom. The lowest BCUT2D eigenvalue weighted by Gasteiger charge is -2.21. The van der Waals surface area contributed by atoms with Gasteiger partial charge in [0, 0.05) is 6.54 Å². The summed E-state index contributed by atoms with van der Waals surface area (Å²) in [5.74, 6) is 0. The maximum absolute atomic E-state index is 7.58. The lowest BCUT2D eigenvalue weighted by Crippen LogP contribution is -3.00. The van der Waals surface area contributed by atoms with Gasteiger partial charge in [-0.3, -0.25) is 9.33 Å². The highest BCUT2D eigenvalue weighted by Crippen LogP contribution is 1.95. The first-order valence-corrected chi connectivity index (χ1v) is 8.55. The van der Waals surface area contributed by atoms with Gasteiger partial charge in [0.25, 0.3) is 0 Å². The van der Waals surface area contributed by atoms with Crippen molar-refractivity contribution in [3.05, 3.63) is 11.4 Å². The summed E-state index contributed by atoms with van der Waals surface area (Å²) in [5, 5.41) is 12.6. The lowest BCUT2D eigenvalue weighted by molar-refractivity contribution is -0.883. The van der Waals surface area contributed by atoms with Gasteiger partial charge in [0.15, 0.2) is 0 Å². The molecule has 0 saturated carbocycles. The Labute approximate surface area is 175 Å². The molecule has 0 aliphatic rings. The van der Waals surface area contributed by atoms with Crippen molar-refractivity contribution >= 4 is 50.7 Å². The summed E-state index contributed by atoms with van der Waals surface area (Å²) >= 11 is 11.7. The van der Waals surface area contributed by atoms with Crippen LogP contribution < -0.4 is 17.0 Å². The zero-order valence-corrected chi connectivity index (χ0v) is 19.3. The normalized spacial score (nSPS) is 8.33. The Morgan fingerprint density at radius 2 is 1.67 bits per heavy atom. The summed E-state index contributed by atoms with van der Waals surface area (Å²) in [7, 11) is 7.99. The summed E-state index contributed by atoms with van der Waals surface area (Å²) in [6.45, 7) is 10.4. The second-order valence-electron chi connectivity index (χ2n) is 5.00. The molecule has 0 rings (SSSR count). The van der Waals surface area contributed by atoms with E-state index in [-0.39, 0.29) is 17.0 Å². The number of hydrogen-bond donors (Lipinski definition) is 0. The number of quaternary nitrogens is 1. The first-order valence-electron chi connectivity index (χ1n) is 6.61. The van der Waals surface area contributed by atoms with Gasteiger partial charge in [-0.2, -0.15) is 5.26 Å². The van der Waals surface area contributed by atoms with Crippen LogP contribution >= 0.6 is 40.4 Å². The van der Waals surface area contributed by atoms with Crippen LogP contribution in [0.25, 0.3) is 4.85 Å². The minimum Gasteiger partial charge on any atom is -1.00 e. The predicted molar refractivity (Wildman–Crippen MR) is 106 cm³/mol. The number of rotatable bonds is 7. The highest BCUT2D eigenvalue weighted by molar-refractivity contribution is 9.09. The molecule has 136 valence electrons. The molecule has 0 aromatic rings. The minimum absolute atomic E-state index is 0. The summed E-state index contributed by atoms with van der Waals surface area (Å²) in [6.07, 6.45) is 0. The van der Waals surface area contributed by atoms with Gasteiger partial charge in [-0.25, -0.2) is 16.6 Å². The van der Waals surface area contributed by atoms with Crippen molar-refractivity contribution in [2.75, 3.05) is 66.4 Å². The fourth-order valence-corrected chi connectivity index (χ4v) is 1.11. The quantitative estimate of drug-likeness (QED) is 0.157. The van der Waals surface area contributed by atoms with E-state index in [9.17, 15) is 0 Å². The van der Waals surface area contributed by atoms with E-state index in [1.165, 1.54) is 0 Å². The number of thiocarbonyl (C=S) groups is 2. The van der Waals surface area contributed by atoms with Crippen LogP contribution in [0.4, 0.5) is 0 Å². The molecule has 0 aliphatic carbocycles. The smallest absolute Gasteiger partial charge is 0.339 e. The number of nitriles is 1. The summed E-state index contributed by atoms with van der Waals surface area (Å²) in [5.41, 5.74) is 0. The first kappa shape index (κ1) is 31.3. The summed E-state index contributed by atoms with van der Waals surface area (Å²) in [6, 6.07) is 1.85. The standard InChI is InChI=1S/C7H12N3S.C5H10N2S.C2H2BrN.BrH/c1-8-6-10(2,3)5-4-9-7-11;1-7(2)4-3-6-5-8;3-1-2-4;/h4-6H2,2-3H3;3-4H2,1-2H3;1H2;1H/q+1;;;/p-1. The molecule has 0 bridgehead atoms. The Kier molecular flexibility index (Phi) is 32.2. The van der Waals surface area contributed by atoms with Crippen LogP contribution in [0.3, 0.4) is 0 Å². The van der Waals surface area contributed by atoms with Gasteiger partial charge < -0.3 is 21.9 Å². The van der Waals surface area contributed by atoms with Crippen LogP contribution in [-0.2, 0) is 0 Å². The fraction of sp³-hybridized carbons (Fsp3) is 0.714. The van der Waals surface area contributed by atoms with Crippen LogP contribution in [0.1, 0.15) is 0 Å². The van der Waals surface area contributed by atoms with Gasteiger partial charge in [0.1, 0.15) is 6.54 Å². The van der Waals surface area contributed by atoms with Gasteiger partial charge >= 0.3 is 6.67 Å². The molecule has 0 aromatic heterocycles. The highest BCUT2D eigenvalue weighted by Gasteiger charge is 2.15. The van der Waals surface area contributed by atoms with E-state index in [2.05, 4.69) is 70.4 Å². The van der Waals surface area contributed by atoms with Gasteiger partial charge in [-0.15, -0.1) is 0 Å². The number of likely N-dealkylation sites (N-methyl/N-ethyl adjacent to an activating group) is 2. The Hall–Kier alpha value is -0.540. The van der Waals surface area contributed by atoms with Gasteiger partial charge in [-0.05, 0) is 38.5 Å². The number of alkyl halides is 1. The van der Waals surface area contributed by atoms with Crippen LogP contribution in [0.15, 0.2) is 9.98 Å². The van der Waals surface area contributed by atoms with Crippen molar-refractivity contribution in [2.45, 2.75) is 0 Å². The summed E-state index contributed by atoms with van der Waals surface area (Å²) in [4.78, 5) is 12.9. The third-order valence-electron chi connectivity index (χ3n) is 2.12. The maximum Gasteiger partial charge on any atom is 0.339 e. The third kappa shape index (κ3) is 37.6. The zero-order chi connectivity index (χ0) is 18.6. The number of isothiocyanates is 2. The number of aliphatic imine (C=N–C) groups is 2. The largest absolute Gasteiger partial charge is 1.00 e. The van der Waals surface area contributed by atoms with Gasteiger partial charge in [0.05, 0.1) is 48.9 Å². The van der Waals surface area contributed by atoms with Crippen molar-refractivity contribution in [1.82, 2.24) is 4.90 Å². The second-order valence-corrected chi connectivity index (χ2v) is 5.93. The number of hydrogen-bond acceptors (Lipinski definition) is 6. The van der Waals surface area contributed by atoms with E-state index in [4.69, 9.17) is 11.8 Å². The van der Waals surface area contributed by atoms with Gasteiger partial charge in [-0.1, -0.05) is 15.9 Å². The van der Waals surface area contributed by atoms with Crippen LogP contribution in [0.5, 0.6) is 0 Å². The van der Waals surface area contributed by atoms with Crippen LogP contribution in [-0.4, -0.2) is 86.1 Å². The molecule has 0 amide bonds. The zero-order valence-electron chi connectivity index (χ0n) is 14.5. The number of halogens is 2. The molecule has 24 heavy (non-hydrogen) atoms. The monoisotopic (exact) mass is 498 g/mol. The summed E-state index contributed by atoms with van der Waals surface area (Å²) < 4.78 is 0.671. The molecule has 0 aliphatic heterocycles. The van der Waals surface area contributed by atoms with Crippen molar-refractivity contribution in [2.24, 2.45) is 9.98 Å². The molecule has 0 heterocycles. The van der Waals surface area contributed by atoms with E-state index in [0.717, 1.165) is 19.6 Å². The Bertz CT molecular complexity index is 459. The van der Waals surface area contributed by atoms with Gasteiger partial charge in [0.2, 0.25) is 0 Å². The molecule has 0 spiro atoms. The van der Waals surface area contributed by atoms with E-state index in [0.29, 0.717) is 23.0 Å². The predicted octanol–water partition coefficient (Wildman–Crippen LogP) is -0.398. The van der Waals surface area contributed by atoms with Crippen LogP contribution in [0.2, 0.25) is 0 Å². The average Bonchev–Trinajstić information content (AvgIpc) is 2.48. The molecule has 0 N–H and O–H groups in total. The topological polar surface area (TPSA) is 56.1 Å². The molecule has 0 fully saturated rings. The van der Waals surface area contributed by atoms with E-state index < -0.39 is 0 Å². The molecular weight excluding hydrogens is 476 g/mol. The van der Waals surface area contributed by atoms with E-state index in [1.807, 2.05) is 34.3 Å². The molecule has 10 heteroatoms. The highest BCUT2D eigenvalue weighted by atomic mass is 79.9. The van der Waals surface area contributed by atoms with Crippen molar-refractivity contribution < 1.29 is 21.5 Å². The Balaban J connectivity index is -0.000000136. The molecule has 0 saturated heterocycles. The van der Waals surface area contributed by atoms with Crippen LogP contribution in [0, 0.1) is 17.9 Å². The average molecular weight is 500 g/mol. The van der Waals surface area contributed by atoms with Crippen molar-refractivity contribution in [1.29, 1.82) is 5.26 Å². The number of nitrogens with zero attached hydrogens (tertiary/aromatic N) is 6. The fourth-order valence-electron chi connectivity index (χ4n) is 0.924. The molecule has 0 aromatic carbocycles. The first-order chi connectivity index (χ1) is 10.8. The Morgan fingerprint density at radius 1 is 1.21 bits per heavy atom. The lowest BCUT2D eigenvalue weighted by atomic mass is 10.5. The molecule has 0 radical (unpaired) electrons.